The highest BCUT2D eigenvalue weighted by Gasteiger charge is 2.05. The minimum absolute atomic E-state index is 0.624. The molecule has 0 fully saturated rings. The largest absolute Gasteiger partial charge is 0.330 e. The summed E-state index contributed by atoms with van der Waals surface area (Å²) in [5, 5.41) is 0. The fourth-order valence-electron chi connectivity index (χ4n) is 1.80. The first-order valence-electron chi connectivity index (χ1n) is 5.95. The van der Waals surface area contributed by atoms with Crippen molar-refractivity contribution in [1.82, 2.24) is 0 Å². The Bertz CT molecular complexity index is 274. The Balaban J connectivity index is 2.62. The fraction of sp³-hybridized carbons (Fsp3) is 0.571. The second-order valence-corrected chi connectivity index (χ2v) is 4.65. The molecule has 15 heavy (non-hydrogen) atoms. The molecule has 0 aliphatic heterocycles. The Morgan fingerprint density at radius 2 is 1.53 bits per heavy atom. The van der Waals surface area contributed by atoms with Crippen molar-refractivity contribution in [1.29, 1.82) is 0 Å². The first kappa shape index (κ1) is 12.3. The third kappa shape index (κ3) is 3.67. The second-order valence-electron chi connectivity index (χ2n) is 4.65. The third-order valence-electron chi connectivity index (χ3n) is 3.01. The Hall–Kier alpha value is -0.820. The van der Waals surface area contributed by atoms with Gasteiger partial charge in [-0.25, -0.2) is 0 Å². The van der Waals surface area contributed by atoms with E-state index < -0.39 is 0 Å². The van der Waals surface area contributed by atoms with Crippen LogP contribution in [0.25, 0.3) is 0 Å². The maximum absolute atomic E-state index is 5.52. The molecule has 0 aliphatic carbocycles. The van der Waals surface area contributed by atoms with Crippen LogP contribution in [0.5, 0.6) is 0 Å². The molecule has 1 aromatic rings. The van der Waals surface area contributed by atoms with E-state index in [4.69, 9.17) is 5.73 Å². The van der Waals surface area contributed by atoms with Crippen molar-refractivity contribution < 1.29 is 0 Å². The molecule has 1 nitrogen and oxygen atoms in total. The molecule has 0 heterocycles. The molecule has 1 rings (SSSR count). The van der Waals surface area contributed by atoms with E-state index in [1.807, 2.05) is 0 Å². The van der Waals surface area contributed by atoms with E-state index in [9.17, 15) is 0 Å². The predicted molar refractivity (Wildman–Crippen MR) is 67.2 cm³/mol. The van der Waals surface area contributed by atoms with Crippen LogP contribution in [0.2, 0.25) is 0 Å². The lowest BCUT2D eigenvalue weighted by atomic mass is 9.93. The van der Waals surface area contributed by atoms with E-state index in [0.717, 1.165) is 13.0 Å². The maximum atomic E-state index is 5.52. The lowest BCUT2D eigenvalue weighted by Gasteiger charge is -2.12. The molecular formula is C14H23N. The van der Waals surface area contributed by atoms with E-state index in [-0.39, 0.29) is 0 Å². The molecule has 0 saturated heterocycles. The minimum atomic E-state index is 0.624. The SMILES string of the molecule is CC(C)c1ccc(C(C)CCCN)cc1. The van der Waals surface area contributed by atoms with Crippen molar-refractivity contribution in [2.24, 2.45) is 5.73 Å². The Labute approximate surface area is 93.7 Å². The van der Waals surface area contributed by atoms with Gasteiger partial charge < -0.3 is 5.73 Å². The van der Waals surface area contributed by atoms with Gasteiger partial charge >= 0.3 is 0 Å². The minimum Gasteiger partial charge on any atom is -0.330 e. The fourth-order valence-corrected chi connectivity index (χ4v) is 1.80. The van der Waals surface area contributed by atoms with Crippen LogP contribution < -0.4 is 5.73 Å². The van der Waals surface area contributed by atoms with Crippen LogP contribution in [0.4, 0.5) is 0 Å². The van der Waals surface area contributed by atoms with Gasteiger partial charge in [0.25, 0.3) is 0 Å². The van der Waals surface area contributed by atoms with E-state index in [2.05, 4.69) is 45.0 Å². The highest BCUT2D eigenvalue weighted by molar-refractivity contribution is 5.26. The zero-order chi connectivity index (χ0) is 11.3. The standard InChI is InChI=1S/C14H23N/c1-11(2)13-6-8-14(9-7-13)12(3)5-4-10-15/h6-9,11-12H,4-5,10,15H2,1-3H3. The summed E-state index contributed by atoms with van der Waals surface area (Å²) in [7, 11) is 0. The molecule has 84 valence electrons. The lowest BCUT2D eigenvalue weighted by molar-refractivity contribution is 0.640. The van der Waals surface area contributed by atoms with Gasteiger partial charge in [-0.2, -0.15) is 0 Å². The average Bonchev–Trinajstić information content (AvgIpc) is 2.26. The highest BCUT2D eigenvalue weighted by Crippen LogP contribution is 2.22. The van der Waals surface area contributed by atoms with Crippen LogP contribution in [-0.2, 0) is 0 Å². The number of rotatable bonds is 5. The molecule has 1 heteroatoms. The monoisotopic (exact) mass is 205 g/mol. The predicted octanol–water partition coefficient (Wildman–Crippen LogP) is 3.65. The summed E-state index contributed by atoms with van der Waals surface area (Å²) in [6, 6.07) is 9.02. The van der Waals surface area contributed by atoms with E-state index in [0.29, 0.717) is 11.8 Å². The first-order valence-corrected chi connectivity index (χ1v) is 5.95. The summed E-state index contributed by atoms with van der Waals surface area (Å²) in [5.74, 6) is 1.26. The normalized spacial score (nSPS) is 13.1. The molecule has 0 amide bonds. The summed E-state index contributed by atoms with van der Waals surface area (Å²) in [4.78, 5) is 0. The Kier molecular flexibility index (Phi) is 4.83. The van der Waals surface area contributed by atoms with Crippen molar-refractivity contribution in [3.8, 4) is 0 Å². The molecule has 0 bridgehead atoms. The number of hydrogen-bond donors (Lipinski definition) is 1. The van der Waals surface area contributed by atoms with Gasteiger partial charge in [-0.3, -0.25) is 0 Å². The van der Waals surface area contributed by atoms with E-state index in [1.165, 1.54) is 17.5 Å². The van der Waals surface area contributed by atoms with Crippen LogP contribution in [0.3, 0.4) is 0 Å². The zero-order valence-electron chi connectivity index (χ0n) is 10.2. The van der Waals surface area contributed by atoms with Gasteiger partial charge in [-0.1, -0.05) is 45.0 Å². The summed E-state index contributed by atoms with van der Waals surface area (Å²) >= 11 is 0. The molecule has 1 unspecified atom stereocenters. The van der Waals surface area contributed by atoms with Gasteiger partial charge in [0.1, 0.15) is 0 Å². The molecule has 2 N–H and O–H groups in total. The van der Waals surface area contributed by atoms with Crippen LogP contribution >= 0.6 is 0 Å². The number of nitrogens with two attached hydrogens (primary N) is 1. The van der Waals surface area contributed by atoms with Gasteiger partial charge in [0.15, 0.2) is 0 Å². The molecule has 0 aromatic heterocycles. The highest BCUT2D eigenvalue weighted by atomic mass is 14.5. The van der Waals surface area contributed by atoms with Crippen molar-refractivity contribution in [2.75, 3.05) is 6.54 Å². The zero-order valence-corrected chi connectivity index (χ0v) is 10.2. The van der Waals surface area contributed by atoms with Crippen molar-refractivity contribution in [3.63, 3.8) is 0 Å². The van der Waals surface area contributed by atoms with Crippen molar-refractivity contribution in [2.45, 2.75) is 45.4 Å². The van der Waals surface area contributed by atoms with Crippen LogP contribution in [0.15, 0.2) is 24.3 Å². The topological polar surface area (TPSA) is 26.0 Å². The van der Waals surface area contributed by atoms with Crippen molar-refractivity contribution in [3.05, 3.63) is 35.4 Å². The Morgan fingerprint density at radius 3 is 2.00 bits per heavy atom. The maximum Gasteiger partial charge on any atom is -0.00771 e. The average molecular weight is 205 g/mol. The number of benzene rings is 1. The number of hydrogen-bond acceptors (Lipinski definition) is 1. The summed E-state index contributed by atoms with van der Waals surface area (Å²) in [6.07, 6.45) is 2.31. The molecule has 0 aliphatic rings. The lowest BCUT2D eigenvalue weighted by Crippen LogP contribution is -2.02. The third-order valence-corrected chi connectivity index (χ3v) is 3.01. The van der Waals surface area contributed by atoms with Gasteiger partial charge in [0, 0.05) is 0 Å². The van der Waals surface area contributed by atoms with Gasteiger partial charge in [0.2, 0.25) is 0 Å². The second kappa shape index (κ2) is 5.92. The molecule has 0 saturated carbocycles. The van der Waals surface area contributed by atoms with E-state index in [1.54, 1.807) is 0 Å². The summed E-state index contributed by atoms with van der Waals surface area (Å²) < 4.78 is 0. The molecule has 1 aromatic carbocycles. The molecular weight excluding hydrogens is 182 g/mol. The Morgan fingerprint density at radius 1 is 1.00 bits per heavy atom. The molecule has 0 radical (unpaired) electrons. The van der Waals surface area contributed by atoms with Gasteiger partial charge in [-0.05, 0) is 42.3 Å². The molecule has 0 spiro atoms. The van der Waals surface area contributed by atoms with Crippen LogP contribution in [-0.4, -0.2) is 6.54 Å². The first-order chi connectivity index (χ1) is 7.15. The van der Waals surface area contributed by atoms with E-state index >= 15 is 0 Å². The summed E-state index contributed by atoms with van der Waals surface area (Å²) in [5.41, 5.74) is 8.38. The van der Waals surface area contributed by atoms with Crippen molar-refractivity contribution >= 4 is 0 Å². The van der Waals surface area contributed by atoms with Gasteiger partial charge in [-0.15, -0.1) is 0 Å². The molecule has 1 atom stereocenters. The smallest absolute Gasteiger partial charge is 0.00771 e. The van der Waals surface area contributed by atoms with Crippen LogP contribution in [0, 0.1) is 0 Å². The van der Waals surface area contributed by atoms with Gasteiger partial charge in [0.05, 0.1) is 0 Å². The summed E-state index contributed by atoms with van der Waals surface area (Å²) in [6.45, 7) is 7.54. The quantitative estimate of drug-likeness (QED) is 0.780. The van der Waals surface area contributed by atoms with Crippen LogP contribution in [0.1, 0.15) is 56.6 Å².